The molecule has 2 rings (SSSR count). The van der Waals surface area contributed by atoms with E-state index in [1.165, 1.54) is 0 Å². The van der Waals surface area contributed by atoms with Crippen LogP contribution in [-0.2, 0) is 11.2 Å². The molecule has 0 aliphatic heterocycles. The third kappa shape index (κ3) is 3.18. The van der Waals surface area contributed by atoms with Crippen molar-refractivity contribution < 1.29 is 4.79 Å². The number of rotatable bonds is 4. The molecule has 1 heterocycles. The van der Waals surface area contributed by atoms with Crippen molar-refractivity contribution in [3.8, 4) is 0 Å². The van der Waals surface area contributed by atoms with Gasteiger partial charge in [-0.15, -0.1) is 12.4 Å². The number of H-pyrrole nitrogens is 1. The molecule has 1 amide bonds. The molecule has 17 heavy (non-hydrogen) atoms. The van der Waals surface area contributed by atoms with Crippen LogP contribution in [0.4, 0.5) is 0 Å². The number of amides is 1. The Morgan fingerprint density at radius 1 is 1.41 bits per heavy atom. The number of nitrogens with two attached hydrogens (primary N) is 1. The summed E-state index contributed by atoms with van der Waals surface area (Å²) in [7, 11) is 0. The van der Waals surface area contributed by atoms with Gasteiger partial charge in [-0.2, -0.15) is 5.10 Å². The van der Waals surface area contributed by atoms with Gasteiger partial charge >= 0.3 is 0 Å². The third-order valence-corrected chi connectivity index (χ3v) is 2.34. The van der Waals surface area contributed by atoms with Crippen molar-refractivity contribution in [1.82, 2.24) is 15.5 Å². The molecule has 1 aromatic heterocycles. The van der Waals surface area contributed by atoms with Gasteiger partial charge in [-0.25, -0.2) is 0 Å². The lowest BCUT2D eigenvalue weighted by atomic mass is 10.1. The van der Waals surface area contributed by atoms with E-state index in [1.54, 1.807) is 0 Å². The van der Waals surface area contributed by atoms with Crippen molar-refractivity contribution in [3.05, 3.63) is 30.0 Å². The molecular weight excluding hydrogens is 240 g/mol. The highest BCUT2D eigenvalue weighted by Gasteiger charge is 2.08. The predicted molar refractivity (Wildman–Crippen MR) is 69.1 cm³/mol. The zero-order chi connectivity index (χ0) is 11.4. The Morgan fingerprint density at radius 2 is 2.18 bits per heavy atom. The lowest BCUT2D eigenvalue weighted by Crippen LogP contribution is -2.30. The maximum absolute atomic E-state index is 11.5. The maximum Gasteiger partial charge on any atom is 0.226 e. The molecule has 6 heteroatoms. The van der Waals surface area contributed by atoms with Gasteiger partial charge in [0.15, 0.2) is 0 Å². The summed E-state index contributed by atoms with van der Waals surface area (Å²) in [5.74, 6) is -0.0418. The van der Waals surface area contributed by atoms with E-state index < -0.39 is 0 Å². The highest BCUT2D eigenvalue weighted by molar-refractivity contribution is 5.87. The standard InChI is InChI=1S/C11H14N4O.ClH/c12-5-6-13-11(16)7-10-8-3-1-2-4-9(8)14-15-10;/h1-4H,5-7,12H2,(H,13,16)(H,14,15);1H. The zero-order valence-corrected chi connectivity index (χ0v) is 10.1. The van der Waals surface area contributed by atoms with Gasteiger partial charge in [0.05, 0.1) is 17.6 Å². The molecule has 2 aromatic rings. The quantitative estimate of drug-likeness (QED) is 0.747. The number of nitrogens with zero attached hydrogens (tertiary/aromatic N) is 1. The van der Waals surface area contributed by atoms with Crippen LogP contribution in [-0.4, -0.2) is 29.2 Å². The van der Waals surface area contributed by atoms with E-state index >= 15 is 0 Å². The Morgan fingerprint density at radius 3 is 2.94 bits per heavy atom. The van der Waals surface area contributed by atoms with Crippen LogP contribution in [0.25, 0.3) is 10.9 Å². The second-order valence-corrected chi connectivity index (χ2v) is 3.53. The Hall–Kier alpha value is -1.59. The van der Waals surface area contributed by atoms with Gasteiger partial charge in [0.25, 0.3) is 0 Å². The first-order valence-corrected chi connectivity index (χ1v) is 5.20. The summed E-state index contributed by atoms with van der Waals surface area (Å²) >= 11 is 0. The minimum absolute atomic E-state index is 0. The minimum atomic E-state index is -0.0418. The van der Waals surface area contributed by atoms with Gasteiger partial charge < -0.3 is 11.1 Å². The number of para-hydroxylation sites is 1. The molecule has 0 aliphatic carbocycles. The monoisotopic (exact) mass is 254 g/mol. The molecule has 0 spiro atoms. The molecule has 0 unspecified atom stereocenters. The Bertz CT molecular complexity index is 497. The first-order chi connectivity index (χ1) is 7.81. The molecule has 1 aromatic carbocycles. The van der Waals surface area contributed by atoms with Gasteiger partial charge in [0.1, 0.15) is 0 Å². The molecule has 0 bridgehead atoms. The number of nitrogens with one attached hydrogen (secondary N) is 2. The van der Waals surface area contributed by atoms with Crippen molar-refractivity contribution in [2.75, 3.05) is 13.1 Å². The van der Waals surface area contributed by atoms with Crippen LogP contribution in [0.5, 0.6) is 0 Å². The molecule has 0 fully saturated rings. The zero-order valence-electron chi connectivity index (χ0n) is 9.27. The molecule has 4 N–H and O–H groups in total. The second kappa shape index (κ2) is 6.22. The maximum atomic E-state index is 11.5. The fourth-order valence-electron chi connectivity index (χ4n) is 1.58. The van der Waals surface area contributed by atoms with Gasteiger partial charge in [0, 0.05) is 18.5 Å². The van der Waals surface area contributed by atoms with Crippen LogP contribution in [0.1, 0.15) is 5.69 Å². The van der Waals surface area contributed by atoms with E-state index in [1.807, 2.05) is 24.3 Å². The molecule has 0 atom stereocenters. The van der Waals surface area contributed by atoms with E-state index in [0.29, 0.717) is 19.5 Å². The summed E-state index contributed by atoms with van der Waals surface area (Å²) in [6, 6.07) is 7.71. The van der Waals surface area contributed by atoms with Crippen molar-refractivity contribution in [3.63, 3.8) is 0 Å². The normalized spacial score (nSPS) is 9.94. The molecule has 92 valence electrons. The van der Waals surface area contributed by atoms with Crippen molar-refractivity contribution >= 4 is 29.2 Å². The summed E-state index contributed by atoms with van der Waals surface area (Å²) in [6.45, 7) is 0.959. The molecule has 0 saturated heterocycles. The average Bonchev–Trinajstić information content (AvgIpc) is 2.70. The van der Waals surface area contributed by atoms with Gasteiger partial charge in [-0.3, -0.25) is 9.89 Å². The SMILES string of the molecule is Cl.NCCNC(=O)Cc1[nH]nc2ccccc12. The van der Waals surface area contributed by atoms with Gasteiger partial charge in [0.2, 0.25) is 5.91 Å². The summed E-state index contributed by atoms with van der Waals surface area (Å²) in [6.07, 6.45) is 0.306. The number of hydrogen-bond donors (Lipinski definition) is 3. The number of fused-ring (bicyclic) bond motifs is 1. The van der Waals surface area contributed by atoms with Gasteiger partial charge in [-0.1, -0.05) is 18.2 Å². The lowest BCUT2D eigenvalue weighted by Gasteiger charge is -2.01. The van der Waals surface area contributed by atoms with Crippen molar-refractivity contribution in [2.24, 2.45) is 5.73 Å². The fraction of sp³-hybridized carbons (Fsp3) is 0.273. The molecule has 0 radical (unpaired) electrons. The van der Waals surface area contributed by atoms with E-state index in [2.05, 4.69) is 15.5 Å². The number of aromatic amines is 1. The number of carbonyl (C=O) groups is 1. The number of carbonyl (C=O) groups excluding carboxylic acids is 1. The van der Waals surface area contributed by atoms with Crippen LogP contribution in [0.2, 0.25) is 0 Å². The van der Waals surface area contributed by atoms with Crippen LogP contribution < -0.4 is 11.1 Å². The second-order valence-electron chi connectivity index (χ2n) is 3.53. The average molecular weight is 255 g/mol. The van der Waals surface area contributed by atoms with E-state index in [0.717, 1.165) is 16.6 Å². The van der Waals surface area contributed by atoms with Crippen LogP contribution >= 0.6 is 12.4 Å². The summed E-state index contributed by atoms with van der Waals surface area (Å²) < 4.78 is 0. The summed E-state index contributed by atoms with van der Waals surface area (Å²) in [4.78, 5) is 11.5. The van der Waals surface area contributed by atoms with Gasteiger partial charge in [-0.05, 0) is 6.07 Å². The highest BCUT2D eigenvalue weighted by atomic mass is 35.5. The van der Waals surface area contributed by atoms with Crippen molar-refractivity contribution in [1.29, 1.82) is 0 Å². The molecular formula is C11H15ClN4O. The Balaban J connectivity index is 0.00000144. The topological polar surface area (TPSA) is 83.8 Å². The predicted octanol–water partition coefficient (Wildman–Crippen LogP) is 0.602. The first-order valence-electron chi connectivity index (χ1n) is 5.20. The molecule has 0 saturated carbocycles. The minimum Gasteiger partial charge on any atom is -0.354 e. The number of benzene rings is 1. The lowest BCUT2D eigenvalue weighted by molar-refractivity contribution is -0.120. The fourth-order valence-corrected chi connectivity index (χ4v) is 1.58. The van der Waals surface area contributed by atoms with E-state index in [-0.39, 0.29) is 18.3 Å². The highest BCUT2D eigenvalue weighted by Crippen LogP contribution is 2.15. The smallest absolute Gasteiger partial charge is 0.226 e. The molecule has 5 nitrogen and oxygen atoms in total. The van der Waals surface area contributed by atoms with Crippen molar-refractivity contribution in [2.45, 2.75) is 6.42 Å². The molecule has 0 aliphatic rings. The third-order valence-electron chi connectivity index (χ3n) is 2.34. The van der Waals surface area contributed by atoms with Crippen LogP contribution in [0.15, 0.2) is 24.3 Å². The number of hydrogen-bond acceptors (Lipinski definition) is 3. The number of aromatic nitrogens is 2. The van der Waals surface area contributed by atoms with E-state index in [9.17, 15) is 4.79 Å². The van der Waals surface area contributed by atoms with Crippen LogP contribution in [0.3, 0.4) is 0 Å². The Kier molecular flexibility index (Phi) is 4.93. The number of halogens is 1. The van der Waals surface area contributed by atoms with Crippen LogP contribution in [0, 0.1) is 0 Å². The summed E-state index contributed by atoms with van der Waals surface area (Å²) in [5.41, 5.74) is 7.02. The largest absolute Gasteiger partial charge is 0.354 e. The first kappa shape index (κ1) is 13.5. The summed E-state index contributed by atoms with van der Waals surface area (Å²) in [5, 5.41) is 10.7. The van der Waals surface area contributed by atoms with E-state index in [4.69, 9.17) is 5.73 Å². The Labute approximate surface area is 105 Å².